The van der Waals surface area contributed by atoms with Crippen LogP contribution >= 0.6 is 15.9 Å². The third-order valence-corrected chi connectivity index (χ3v) is 3.83. The zero-order valence-electron chi connectivity index (χ0n) is 12.2. The van der Waals surface area contributed by atoms with Crippen LogP contribution < -0.4 is 41.6 Å². The Hall–Kier alpha value is -0.660. The molecule has 0 aliphatic carbocycles. The third kappa shape index (κ3) is 5.85. The maximum atomic E-state index is 12.1. The topological polar surface area (TPSA) is 96.7 Å². The van der Waals surface area contributed by atoms with Crippen LogP contribution in [0.15, 0.2) is 27.7 Å². The van der Waals surface area contributed by atoms with E-state index in [1.54, 1.807) is 0 Å². The smallest absolute Gasteiger partial charge is 0.266 e. The highest BCUT2D eigenvalue weighted by atomic mass is 79.9. The first-order chi connectivity index (χ1) is 9.60. The van der Waals surface area contributed by atoms with Crippen LogP contribution in [0.2, 0.25) is 0 Å². The van der Waals surface area contributed by atoms with Crippen molar-refractivity contribution in [3.8, 4) is 0 Å². The van der Waals surface area contributed by atoms with E-state index in [2.05, 4.69) is 37.7 Å². The van der Waals surface area contributed by atoms with Crippen LogP contribution in [0.5, 0.6) is 0 Å². The average Bonchev–Trinajstić information content (AvgIpc) is 2.85. The molecule has 0 fully saturated rings. The maximum absolute atomic E-state index is 12.1. The number of nitrogens with zero attached hydrogens (tertiary/aromatic N) is 1. The molecule has 1 atom stereocenters. The molecule has 124 valence electrons. The number of carbonyl (C=O) groups excluding carboxylic acids is 1. The number of hydrogen-bond donors (Lipinski definition) is 3. The number of halogens is 3. The van der Waals surface area contributed by atoms with E-state index in [9.17, 15) is 4.79 Å². The Bertz CT molecular complexity index is 540. The molecule has 1 aromatic rings. The van der Waals surface area contributed by atoms with Gasteiger partial charge in [-0.25, -0.2) is 4.99 Å². The van der Waals surface area contributed by atoms with Crippen molar-refractivity contribution in [2.45, 2.75) is 25.3 Å². The first-order valence-corrected chi connectivity index (χ1v) is 7.66. The van der Waals surface area contributed by atoms with Gasteiger partial charge in [0.05, 0.1) is 18.8 Å². The van der Waals surface area contributed by atoms with Crippen molar-refractivity contribution in [1.82, 2.24) is 5.32 Å². The second-order valence-corrected chi connectivity index (χ2v) is 6.00. The van der Waals surface area contributed by atoms with Crippen molar-refractivity contribution >= 4 is 33.2 Å². The summed E-state index contributed by atoms with van der Waals surface area (Å²) in [6, 6.07) is 6.15. The molecule has 1 unspecified atom stereocenters. The lowest BCUT2D eigenvalue weighted by molar-refractivity contribution is -0.423. The summed E-state index contributed by atoms with van der Waals surface area (Å²) in [5.74, 6) is -0.0828. The number of benzene rings is 1. The summed E-state index contributed by atoms with van der Waals surface area (Å²) in [5.41, 5.74) is 10.4. The second-order valence-electron chi connectivity index (χ2n) is 5.08. The number of fused-ring (bicyclic) bond motifs is 1. The van der Waals surface area contributed by atoms with Crippen LogP contribution in [0.4, 0.5) is 5.69 Å². The number of nitrogens with one attached hydrogen (secondary N) is 1. The lowest BCUT2D eigenvalue weighted by atomic mass is 10.1. The Kier molecular flexibility index (Phi) is 9.87. The van der Waals surface area contributed by atoms with Crippen LogP contribution in [-0.2, 0) is 11.2 Å². The molecule has 0 saturated carbocycles. The number of amides is 1. The normalized spacial score (nSPS) is 13.3. The average molecular weight is 412 g/mol. The molecule has 0 radical (unpaired) electrons. The first kappa shape index (κ1) is 21.3. The minimum absolute atomic E-state index is 0. The summed E-state index contributed by atoms with van der Waals surface area (Å²) in [6.45, 7) is 1.51. The summed E-state index contributed by atoms with van der Waals surface area (Å²) in [6.07, 6.45) is 2.64. The number of carbonyl (C=O) groups is 1. The molecule has 2 rings (SSSR count). The van der Waals surface area contributed by atoms with Crippen LogP contribution in [0, 0.1) is 0 Å². The van der Waals surface area contributed by atoms with Gasteiger partial charge in [-0.15, -0.1) is 0 Å². The predicted molar refractivity (Wildman–Crippen MR) is 81.6 cm³/mol. The minimum Gasteiger partial charge on any atom is -1.00 e. The van der Waals surface area contributed by atoms with Gasteiger partial charge in [-0.1, -0.05) is 22.0 Å². The van der Waals surface area contributed by atoms with Gasteiger partial charge in [0.15, 0.2) is 0 Å². The third-order valence-electron chi connectivity index (χ3n) is 3.34. The predicted octanol–water partition coefficient (Wildman–Crippen LogP) is -6.17. The Balaban J connectivity index is 0.00000220. The van der Waals surface area contributed by atoms with Crippen LogP contribution in [-0.4, -0.2) is 30.8 Å². The monoisotopic (exact) mass is 410 g/mol. The molecule has 1 amide bonds. The minimum atomic E-state index is -0.0828. The SMILES string of the molecule is [Cl-].[Cl-].[NH3+]CCCC([NH3+])CNC(=O)C1=Nc2cc(Br)ccc2C1. The quantitative estimate of drug-likeness (QED) is 0.426. The second kappa shape index (κ2) is 10.2. The van der Waals surface area contributed by atoms with E-state index < -0.39 is 0 Å². The summed E-state index contributed by atoms with van der Waals surface area (Å²) >= 11 is 3.41. The van der Waals surface area contributed by atoms with E-state index >= 15 is 0 Å². The zero-order chi connectivity index (χ0) is 14.5. The van der Waals surface area contributed by atoms with Gasteiger partial charge in [0.25, 0.3) is 5.91 Å². The lowest BCUT2D eigenvalue weighted by Crippen LogP contribution is -3.00. The van der Waals surface area contributed by atoms with Crippen LogP contribution in [0.1, 0.15) is 18.4 Å². The number of rotatable bonds is 6. The highest BCUT2D eigenvalue weighted by molar-refractivity contribution is 9.10. The standard InChI is InChI=1S/C14H19BrN4O.2ClH/c15-10-4-3-9-6-13(19-12(9)7-10)14(20)18-8-11(17)2-1-5-16;;/h3-4,7,11H,1-2,5-6,8,16-17H2,(H,18,20);2*1H. The highest BCUT2D eigenvalue weighted by Crippen LogP contribution is 2.29. The molecule has 1 aliphatic rings. The van der Waals surface area contributed by atoms with Crippen molar-refractivity contribution in [2.24, 2.45) is 4.99 Å². The molecular formula is C14H21BrCl2N4O. The molecule has 7 N–H and O–H groups in total. The largest absolute Gasteiger partial charge is 1.00 e. The fraction of sp³-hybridized carbons (Fsp3) is 0.429. The fourth-order valence-electron chi connectivity index (χ4n) is 2.16. The summed E-state index contributed by atoms with van der Waals surface area (Å²) in [7, 11) is 0. The van der Waals surface area contributed by atoms with E-state index in [0.717, 1.165) is 35.1 Å². The lowest BCUT2D eigenvalue weighted by Gasteiger charge is -2.08. The van der Waals surface area contributed by atoms with E-state index in [4.69, 9.17) is 0 Å². The van der Waals surface area contributed by atoms with Gasteiger partial charge in [0.1, 0.15) is 11.8 Å². The van der Waals surface area contributed by atoms with Gasteiger partial charge < -0.3 is 41.6 Å². The van der Waals surface area contributed by atoms with Gasteiger partial charge in [-0.05, 0) is 17.7 Å². The molecule has 0 spiro atoms. The van der Waals surface area contributed by atoms with Gasteiger partial charge in [-0.2, -0.15) is 0 Å². The summed E-state index contributed by atoms with van der Waals surface area (Å²) < 4.78 is 0.979. The fourth-order valence-corrected chi connectivity index (χ4v) is 2.51. The van der Waals surface area contributed by atoms with Gasteiger partial charge >= 0.3 is 0 Å². The molecule has 5 nitrogen and oxygen atoms in total. The highest BCUT2D eigenvalue weighted by Gasteiger charge is 2.21. The van der Waals surface area contributed by atoms with Crippen molar-refractivity contribution in [3.05, 3.63) is 28.2 Å². The summed E-state index contributed by atoms with van der Waals surface area (Å²) in [4.78, 5) is 16.5. The maximum Gasteiger partial charge on any atom is 0.266 e. The Morgan fingerprint density at radius 1 is 1.41 bits per heavy atom. The molecular weight excluding hydrogens is 391 g/mol. The van der Waals surface area contributed by atoms with E-state index in [1.807, 2.05) is 18.2 Å². The van der Waals surface area contributed by atoms with Crippen LogP contribution in [0.3, 0.4) is 0 Å². The number of quaternary nitrogens is 2. The summed E-state index contributed by atoms with van der Waals surface area (Å²) in [5, 5.41) is 2.92. The van der Waals surface area contributed by atoms with Crippen molar-refractivity contribution in [1.29, 1.82) is 0 Å². The number of aliphatic imine (C=N–C) groups is 1. The van der Waals surface area contributed by atoms with E-state index in [1.165, 1.54) is 0 Å². The van der Waals surface area contributed by atoms with Crippen LogP contribution in [0.25, 0.3) is 0 Å². The molecule has 1 aliphatic heterocycles. The first-order valence-electron chi connectivity index (χ1n) is 6.86. The Morgan fingerprint density at radius 2 is 2.14 bits per heavy atom. The number of hydrogen-bond acceptors (Lipinski definition) is 2. The molecule has 0 aromatic heterocycles. The Morgan fingerprint density at radius 3 is 2.82 bits per heavy atom. The molecule has 8 heteroatoms. The Labute approximate surface area is 151 Å². The van der Waals surface area contributed by atoms with Gasteiger partial charge in [0.2, 0.25) is 0 Å². The molecule has 22 heavy (non-hydrogen) atoms. The molecule has 1 heterocycles. The van der Waals surface area contributed by atoms with Crippen molar-refractivity contribution < 1.29 is 41.1 Å². The zero-order valence-corrected chi connectivity index (χ0v) is 15.3. The van der Waals surface area contributed by atoms with Gasteiger partial charge in [0, 0.05) is 23.7 Å². The molecule has 0 saturated heterocycles. The van der Waals surface area contributed by atoms with E-state index in [-0.39, 0.29) is 36.8 Å². The van der Waals surface area contributed by atoms with Crippen molar-refractivity contribution in [2.75, 3.05) is 13.1 Å². The molecule has 1 aromatic carbocycles. The van der Waals surface area contributed by atoms with Gasteiger partial charge in [-0.3, -0.25) is 4.79 Å². The van der Waals surface area contributed by atoms with Crippen molar-refractivity contribution in [3.63, 3.8) is 0 Å². The molecule has 0 bridgehead atoms. The van der Waals surface area contributed by atoms with E-state index in [0.29, 0.717) is 18.7 Å².